The highest BCUT2D eigenvalue weighted by atomic mass is 16.3. The smallest absolute Gasteiger partial charge is 0.272 e. The van der Waals surface area contributed by atoms with E-state index in [1.54, 1.807) is 12.3 Å². The van der Waals surface area contributed by atoms with Crippen molar-refractivity contribution in [3.63, 3.8) is 0 Å². The molecule has 1 aromatic rings. The molecule has 6 nitrogen and oxygen atoms in total. The standard InChI is InChI=1S/C19H30N4O2/c1-21-7-4-8-22(10-9-21)12-16-11-17(15-24)14-23(13-16)19(25)18-5-2-3-6-20-18/h2-3,5-6,16-17,24H,4,7-15H2,1H3/t16-,17+/m1/s1. The number of rotatable bonds is 4. The summed E-state index contributed by atoms with van der Waals surface area (Å²) in [6, 6.07) is 5.44. The number of carbonyl (C=O) groups excluding carboxylic acids is 1. The van der Waals surface area contributed by atoms with Crippen molar-refractivity contribution in [1.29, 1.82) is 0 Å². The summed E-state index contributed by atoms with van der Waals surface area (Å²) in [7, 11) is 2.18. The fourth-order valence-electron chi connectivity index (χ4n) is 4.05. The first kappa shape index (κ1) is 18.3. The van der Waals surface area contributed by atoms with Gasteiger partial charge >= 0.3 is 0 Å². The van der Waals surface area contributed by atoms with E-state index < -0.39 is 0 Å². The third-order valence-electron chi connectivity index (χ3n) is 5.38. The molecular formula is C19H30N4O2. The van der Waals surface area contributed by atoms with Crippen molar-refractivity contribution in [2.24, 2.45) is 11.8 Å². The highest BCUT2D eigenvalue weighted by molar-refractivity contribution is 5.92. The Morgan fingerprint density at radius 1 is 1.20 bits per heavy atom. The molecule has 1 N–H and O–H groups in total. The predicted octanol–water partition coefficient (Wildman–Crippen LogP) is 0.790. The van der Waals surface area contributed by atoms with E-state index in [1.807, 2.05) is 17.0 Å². The van der Waals surface area contributed by atoms with E-state index in [0.717, 1.165) is 45.7 Å². The van der Waals surface area contributed by atoms with E-state index >= 15 is 0 Å². The van der Waals surface area contributed by atoms with Crippen molar-refractivity contribution in [2.45, 2.75) is 12.8 Å². The maximum Gasteiger partial charge on any atom is 0.272 e. The average molecular weight is 346 g/mol. The zero-order valence-corrected chi connectivity index (χ0v) is 15.2. The predicted molar refractivity (Wildman–Crippen MR) is 97.4 cm³/mol. The lowest BCUT2D eigenvalue weighted by Gasteiger charge is -2.39. The van der Waals surface area contributed by atoms with Gasteiger partial charge < -0.3 is 19.8 Å². The van der Waals surface area contributed by atoms with Crippen LogP contribution in [0.15, 0.2) is 24.4 Å². The van der Waals surface area contributed by atoms with Crippen LogP contribution in [-0.2, 0) is 0 Å². The number of amides is 1. The van der Waals surface area contributed by atoms with Crippen LogP contribution in [-0.4, -0.2) is 90.2 Å². The molecule has 2 atom stereocenters. The Labute approximate surface area is 150 Å². The average Bonchev–Trinajstić information content (AvgIpc) is 2.85. The Kier molecular flexibility index (Phi) is 6.39. The second-order valence-corrected chi connectivity index (χ2v) is 7.53. The summed E-state index contributed by atoms with van der Waals surface area (Å²) in [5.74, 6) is 0.572. The van der Waals surface area contributed by atoms with Crippen LogP contribution < -0.4 is 0 Å². The number of pyridine rings is 1. The number of nitrogens with zero attached hydrogens (tertiary/aromatic N) is 4. The van der Waals surface area contributed by atoms with E-state index in [4.69, 9.17) is 0 Å². The van der Waals surface area contributed by atoms with E-state index in [9.17, 15) is 9.90 Å². The van der Waals surface area contributed by atoms with Gasteiger partial charge in [-0.15, -0.1) is 0 Å². The Morgan fingerprint density at radius 2 is 2.04 bits per heavy atom. The number of carbonyl (C=O) groups is 1. The van der Waals surface area contributed by atoms with Gasteiger partial charge in [0.25, 0.3) is 5.91 Å². The molecule has 2 fully saturated rings. The molecule has 1 aromatic heterocycles. The van der Waals surface area contributed by atoms with E-state index in [2.05, 4.69) is 21.8 Å². The summed E-state index contributed by atoms with van der Waals surface area (Å²) >= 11 is 0. The number of piperidine rings is 1. The van der Waals surface area contributed by atoms with Crippen LogP contribution in [0, 0.1) is 11.8 Å². The first-order valence-electron chi connectivity index (χ1n) is 9.37. The van der Waals surface area contributed by atoms with Gasteiger partial charge in [0.05, 0.1) is 0 Å². The summed E-state index contributed by atoms with van der Waals surface area (Å²) in [5.41, 5.74) is 0.497. The molecule has 0 saturated carbocycles. The molecule has 25 heavy (non-hydrogen) atoms. The van der Waals surface area contributed by atoms with Crippen LogP contribution in [0.1, 0.15) is 23.3 Å². The van der Waals surface area contributed by atoms with Gasteiger partial charge in [0.1, 0.15) is 5.69 Å². The van der Waals surface area contributed by atoms with Gasteiger partial charge in [0.15, 0.2) is 0 Å². The van der Waals surface area contributed by atoms with Crippen LogP contribution >= 0.6 is 0 Å². The van der Waals surface area contributed by atoms with Crippen molar-refractivity contribution in [1.82, 2.24) is 19.7 Å². The Hall–Kier alpha value is -1.50. The summed E-state index contributed by atoms with van der Waals surface area (Å²) < 4.78 is 0. The minimum absolute atomic E-state index is 0.0145. The van der Waals surface area contributed by atoms with Gasteiger partial charge in [-0.2, -0.15) is 0 Å². The third kappa shape index (κ3) is 5.00. The molecule has 0 radical (unpaired) electrons. The molecule has 2 saturated heterocycles. The van der Waals surface area contributed by atoms with Gasteiger partial charge in [-0.25, -0.2) is 0 Å². The lowest BCUT2D eigenvalue weighted by molar-refractivity contribution is 0.0449. The van der Waals surface area contributed by atoms with Crippen LogP contribution in [0.2, 0.25) is 0 Å². The maximum atomic E-state index is 12.8. The van der Waals surface area contributed by atoms with Crippen molar-refractivity contribution in [2.75, 3.05) is 59.5 Å². The minimum atomic E-state index is -0.0145. The molecule has 2 aliphatic rings. The molecule has 3 heterocycles. The Morgan fingerprint density at radius 3 is 2.80 bits per heavy atom. The number of likely N-dealkylation sites (N-methyl/N-ethyl adjacent to an activating group) is 1. The Bertz CT molecular complexity index is 554. The lowest BCUT2D eigenvalue weighted by Crippen LogP contribution is -2.48. The highest BCUT2D eigenvalue weighted by Gasteiger charge is 2.31. The van der Waals surface area contributed by atoms with E-state index in [-0.39, 0.29) is 18.4 Å². The summed E-state index contributed by atoms with van der Waals surface area (Å²) in [5, 5.41) is 9.69. The number of hydrogen-bond acceptors (Lipinski definition) is 5. The molecule has 3 rings (SSSR count). The topological polar surface area (TPSA) is 59.9 Å². The molecule has 138 valence electrons. The van der Waals surface area contributed by atoms with Crippen molar-refractivity contribution in [3.8, 4) is 0 Å². The van der Waals surface area contributed by atoms with Crippen LogP contribution in [0.5, 0.6) is 0 Å². The summed E-state index contributed by atoms with van der Waals surface area (Å²) in [6.07, 6.45) is 3.85. The van der Waals surface area contributed by atoms with Gasteiger partial charge in [-0.05, 0) is 56.9 Å². The number of aliphatic hydroxyl groups excluding tert-OH is 1. The second-order valence-electron chi connectivity index (χ2n) is 7.53. The monoisotopic (exact) mass is 346 g/mol. The van der Waals surface area contributed by atoms with Crippen molar-refractivity contribution in [3.05, 3.63) is 30.1 Å². The second kappa shape index (κ2) is 8.74. The first-order chi connectivity index (χ1) is 12.2. The lowest BCUT2D eigenvalue weighted by atomic mass is 9.89. The normalized spacial score (nSPS) is 26.4. The highest BCUT2D eigenvalue weighted by Crippen LogP contribution is 2.24. The van der Waals surface area contributed by atoms with Crippen LogP contribution in [0.25, 0.3) is 0 Å². The fourth-order valence-corrected chi connectivity index (χ4v) is 4.05. The number of aromatic nitrogens is 1. The van der Waals surface area contributed by atoms with Crippen molar-refractivity contribution >= 4 is 5.91 Å². The van der Waals surface area contributed by atoms with Gasteiger partial charge in [0, 0.05) is 45.5 Å². The number of hydrogen-bond donors (Lipinski definition) is 1. The molecule has 0 aliphatic carbocycles. The van der Waals surface area contributed by atoms with Crippen molar-refractivity contribution < 1.29 is 9.90 Å². The first-order valence-corrected chi connectivity index (χ1v) is 9.37. The molecule has 0 unspecified atom stereocenters. The zero-order chi connectivity index (χ0) is 17.6. The Balaban J connectivity index is 1.63. The van der Waals surface area contributed by atoms with E-state index in [0.29, 0.717) is 18.2 Å². The van der Waals surface area contributed by atoms with Crippen LogP contribution in [0.3, 0.4) is 0 Å². The van der Waals surface area contributed by atoms with E-state index in [1.165, 1.54) is 6.42 Å². The SMILES string of the molecule is CN1CCCN(C[C@H]2C[C@H](CO)CN(C(=O)c3ccccn3)C2)CC1. The third-order valence-corrected chi connectivity index (χ3v) is 5.38. The van der Waals surface area contributed by atoms with Gasteiger partial charge in [-0.1, -0.05) is 6.07 Å². The number of aliphatic hydroxyl groups is 1. The molecule has 2 aliphatic heterocycles. The quantitative estimate of drug-likeness (QED) is 0.873. The molecule has 6 heteroatoms. The molecule has 1 amide bonds. The molecule has 0 bridgehead atoms. The van der Waals surface area contributed by atoms with Crippen LogP contribution in [0.4, 0.5) is 0 Å². The molecular weight excluding hydrogens is 316 g/mol. The number of likely N-dealkylation sites (tertiary alicyclic amines) is 1. The molecule has 0 spiro atoms. The van der Waals surface area contributed by atoms with Gasteiger partial charge in [-0.3, -0.25) is 9.78 Å². The molecule has 0 aromatic carbocycles. The maximum absolute atomic E-state index is 12.8. The minimum Gasteiger partial charge on any atom is -0.396 e. The fraction of sp³-hybridized carbons (Fsp3) is 0.684. The largest absolute Gasteiger partial charge is 0.396 e. The van der Waals surface area contributed by atoms with Gasteiger partial charge in [0.2, 0.25) is 0 Å². The zero-order valence-electron chi connectivity index (χ0n) is 15.2. The summed E-state index contributed by atoms with van der Waals surface area (Å²) in [4.78, 5) is 23.8. The summed E-state index contributed by atoms with van der Waals surface area (Å²) in [6.45, 7) is 7.02.